The molecule has 0 unspecified atom stereocenters. The predicted octanol–water partition coefficient (Wildman–Crippen LogP) is 1.40. The molecule has 0 radical (unpaired) electrons. The average molecular weight is 406 g/mol. The van der Waals surface area contributed by atoms with E-state index < -0.39 is 0 Å². The van der Waals surface area contributed by atoms with Crippen molar-refractivity contribution in [1.29, 1.82) is 0 Å². The zero-order valence-electron chi connectivity index (χ0n) is 16.8. The molecule has 1 aliphatic rings. The van der Waals surface area contributed by atoms with Gasteiger partial charge in [-0.3, -0.25) is 19.1 Å². The third kappa shape index (κ3) is 4.58. The van der Waals surface area contributed by atoms with Gasteiger partial charge in [-0.15, -0.1) is 0 Å². The number of piperidine rings is 1. The van der Waals surface area contributed by atoms with Crippen LogP contribution in [0.2, 0.25) is 0 Å². The number of nitrogens with one attached hydrogen (secondary N) is 1. The summed E-state index contributed by atoms with van der Waals surface area (Å²) in [6.45, 7) is 2.33. The van der Waals surface area contributed by atoms with E-state index in [1.807, 2.05) is 36.4 Å². The van der Waals surface area contributed by atoms with Crippen LogP contribution in [0.1, 0.15) is 12.0 Å². The normalized spacial score (nSPS) is 19.6. The number of nitrogens with zero attached hydrogens (tertiary/aromatic N) is 3. The fraction of sp³-hybridized carbons (Fsp3) is 0.348. The molecule has 2 N–H and O–H groups in total. The Morgan fingerprint density at radius 2 is 1.90 bits per heavy atom. The van der Waals surface area contributed by atoms with Gasteiger partial charge in [-0.1, -0.05) is 42.5 Å². The molecule has 2 heterocycles. The second-order valence-electron chi connectivity index (χ2n) is 7.80. The standard InChI is InChI=1S/C23H26N4O3/c28-16-18-14-26(13-17-6-2-1-3-7-17)11-10-19(18)25-22(29)15-27-21-9-5-4-8-20(21)24-12-23(27)30/h1-9,12,18-19,28H,10-11,13-16H2,(H,25,29)/t18-,19+/m1/s1. The van der Waals surface area contributed by atoms with Crippen molar-refractivity contribution in [2.24, 2.45) is 5.92 Å². The van der Waals surface area contributed by atoms with E-state index in [9.17, 15) is 14.7 Å². The number of benzene rings is 2. The SMILES string of the molecule is O=C(Cn1c(=O)cnc2ccccc21)N[C@H]1CCN(Cc2ccccc2)C[C@@H]1CO. The molecule has 3 aromatic rings. The second-order valence-corrected chi connectivity index (χ2v) is 7.80. The summed E-state index contributed by atoms with van der Waals surface area (Å²) in [5.74, 6) is -0.272. The zero-order valence-corrected chi connectivity index (χ0v) is 16.8. The molecule has 1 saturated heterocycles. The lowest BCUT2D eigenvalue weighted by atomic mass is 9.92. The molecule has 4 rings (SSSR count). The van der Waals surface area contributed by atoms with Gasteiger partial charge in [0.1, 0.15) is 6.54 Å². The number of aliphatic hydroxyl groups excluding tert-OH is 1. The van der Waals surface area contributed by atoms with E-state index in [4.69, 9.17) is 0 Å². The van der Waals surface area contributed by atoms with Crippen molar-refractivity contribution in [3.63, 3.8) is 0 Å². The van der Waals surface area contributed by atoms with Gasteiger partial charge in [-0.05, 0) is 24.1 Å². The Morgan fingerprint density at radius 3 is 2.70 bits per heavy atom. The van der Waals surface area contributed by atoms with Crippen LogP contribution in [0.25, 0.3) is 11.0 Å². The second kappa shape index (κ2) is 9.19. The lowest BCUT2D eigenvalue weighted by Gasteiger charge is -2.38. The average Bonchev–Trinajstić information content (AvgIpc) is 2.77. The lowest BCUT2D eigenvalue weighted by molar-refractivity contribution is -0.123. The van der Waals surface area contributed by atoms with Gasteiger partial charge in [0.2, 0.25) is 5.91 Å². The maximum atomic E-state index is 12.7. The van der Waals surface area contributed by atoms with Gasteiger partial charge < -0.3 is 10.4 Å². The summed E-state index contributed by atoms with van der Waals surface area (Å²) in [6.07, 6.45) is 2.00. The maximum absolute atomic E-state index is 12.7. The van der Waals surface area contributed by atoms with Crippen molar-refractivity contribution in [3.05, 3.63) is 76.7 Å². The van der Waals surface area contributed by atoms with Gasteiger partial charge in [-0.2, -0.15) is 0 Å². The molecule has 0 spiro atoms. The Bertz CT molecular complexity index is 1070. The summed E-state index contributed by atoms with van der Waals surface area (Å²) >= 11 is 0. The number of hydrogen-bond donors (Lipinski definition) is 2. The molecule has 30 heavy (non-hydrogen) atoms. The van der Waals surface area contributed by atoms with Crippen LogP contribution in [0.5, 0.6) is 0 Å². The van der Waals surface area contributed by atoms with E-state index in [0.29, 0.717) is 17.6 Å². The highest BCUT2D eigenvalue weighted by molar-refractivity contribution is 5.80. The Labute approximate surface area is 175 Å². The molecule has 156 valence electrons. The zero-order chi connectivity index (χ0) is 20.9. The number of aliphatic hydroxyl groups is 1. The number of para-hydroxylation sites is 2. The summed E-state index contributed by atoms with van der Waals surface area (Å²) in [5, 5.41) is 12.9. The minimum absolute atomic E-state index is 0.00831. The van der Waals surface area contributed by atoms with Gasteiger partial charge >= 0.3 is 0 Å². The summed E-state index contributed by atoms with van der Waals surface area (Å²) in [6, 6.07) is 17.4. The van der Waals surface area contributed by atoms with Crippen molar-refractivity contribution >= 4 is 16.9 Å². The summed E-state index contributed by atoms with van der Waals surface area (Å²) in [5.41, 5.74) is 2.24. The number of fused-ring (bicyclic) bond motifs is 1. The maximum Gasteiger partial charge on any atom is 0.269 e. The van der Waals surface area contributed by atoms with Crippen LogP contribution in [-0.2, 0) is 17.9 Å². The van der Waals surface area contributed by atoms with Crippen LogP contribution in [-0.4, -0.2) is 51.2 Å². The highest BCUT2D eigenvalue weighted by Crippen LogP contribution is 2.19. The van der Waals surface area contributed by atoms with E-state index in [2.05, 4.69) is 27.3 Å². The number of hydrogen-bond acceptors (Lipinski definition) is 5. The van der Waals surface area contributed by atoms with E-state index in [1.165, 1.54) is 16.3 Å². The van der Waals surface area contributed by atoms with Gasteiger partial charge in [0.25, 0.3) is 5.56 Å². The van der Waals surface area contributed by atoms with Crippen molar-refractivity contribution in [2.75, 3.05) is 19.7 Å². The van der Waals surface area contributed by atoms with Crippen LogP contribution >= 0.6 is 0 Å². The van der Waals surface area contributed by atoms with Gasteiger partial charge in [0.15, 0.2) is 0 Å². The number of aromatic nitrogens is 2. The van der Waals surface area contributed by atoms with E-state index >= 15 is 0 Å². The Morgan fingerprint density at radius 1 is 1.13 bits per heavy atom. The largest absolute Gasteiger partial charge is 0.396 e. The molecule has 1 amide bonds. The molecule has 0 bridgehead atoms. The molecular weight excluding hydrogens is 380 g/mol. The minimum Gasteiger partial charge on any atom is -0.396 e. The Kier molecular flexibility index (Phi) is 6.21. The highest BCUT2D eigenvalue weighted by Gasteiger charge is 2.30. The Hall–Kier alpha value is -3.03. The predicted molar refractivity (Wildman–Crippen MR) is 115 cm³/mol. The van der Waals surface area contributed by atoms with E-state index in [0.717, 1.165) is 19.5 Å². The minimum atomic E-state index is -0.305. The summed E-state index contributed by atoms with van der Waals surface area (Å²) in [4.78, 5) is 31.4. The molecule has 1 aliphatic heterocycles. The van der Waals surface area contributed by atoms with Crippen LogP contribution < -0.4 is 10.9 Å². The number of carbonyl (C=O) groups is 1. The number of likely N-dealkylation sites (tertiary alicyclic amines) is 1. The van der Waals surface area contributed by atoms with Crippen LogP contribution in [0.4, 0.5) is 0 Å². The summed E-state index contributed by atoms with van der Waals surface area (Å²) < 4.78 is 1.44. The molecule has 0 saturated carbocycles. The van der Waals surface area contributed by atoms with Crippen LogP contribution in [0, 0.1) is 5.92 Å². The van der Waals surface area contributed by atoms with E-state index in [1.54, 1.807) is 6.07 Å². The number of rotatable bonds is 6. The first-order chi connectivity index (χ1) is 14.6. The fourth-order valence-corrected chi connectivity index (χ4v) is 4.14. The lowest BCUT2D eigenvalue weighted by Crippen LogP contribution is -2.52. The van der Waals surface area contributed by atoms with Gasteiger partial charge in [-0.25, -0.2) is 4.98 Å². The highest BCUT2D eigenvalue weighted by atomic mass is 16.3. The third-order valence-electron chi connectivity index (χ3n) is 5.70. The van der Waals surface area contributed by atoms with Crippen molar-refractivity contribution < 1.29 is 9.90 Å². The first-order valence-corrected chi connectivity index (χ1v) is 10.2. The smallest absolute Gasteiger partial charge is 0.269 e. The van der Waals surface area contributed by atoms with Crippen molar-refractivity contribution in [1.82, 2.24) is 19.8 Å². The monoisotopic (exact) mass is 406 g/mol. The molecule has 2 aromatic carbocycles. The van der Waals surface area contributed by atoms with Crippen molar-refractivity contribution in [3.8, 4) is 0 Å². The van der Waals surface area contributed by atoms with Gasteiger partial charge in [0, 0.05) is 38.2 Å². The Balaban J connectivity index is 1.40. The topological polar surface area (TPSA) is 87.5 Å². The van der Waals surface area contributed by atoms with Crippen molar-refractivity contribution in [2.45, 2.75) is 25.6 Å². The fourth-order valence-electron chi connectivity index (χ4n) is 4.14. The van der Waals surface area contributed by atoms with E-state index in [-0.39, 0.29) is 36.6 Å². The molecule has 1 fully saturated rings. The molecule has 2 atom stereocenters. The number of carbonyl (C=O) groups excluding carboxylic acids is 1. The first-order valence-electron chi connectivity index (χ1n) is 10.2. The molecular formula is C23H26N4O3. The molecule has 1 aromatic heterocycles. The van der Waals surface area contributed by atoms with Gasteiger partial charge in [0.05, 0.1) is 17.2 Å². The quantitative estimate of drug-likeness (QED) is 0.646. The van der Waals surface area contributed by atoms with Crippen LogP contribution in [0.3, 0.4) is 0 Å². The molecule has 7 heteroatoms. The third-order valence-corrected chi connectivity index (χ3v) is 5.70. The number of amides is 1. The molecule has 0 aliphatic carbocycles. The molecule has 7 nitrogen and oxygen atoms in total. The summed E-state index contributed by atoms with van der Waals surface area (Å²) in [7, 11) is 0. The first kappa shape index (κ1) is 20.3. The van der Waals surface area contributed by atoms with Crippen LogP contribution in [0.15, 0.2) is 65.6 Å².